The van der Waals surface area contributed by atoms with Crippen LogP contribution < -0.4 is 0 Å². The first kappa shape index (κ1) is 8.78. The van der Waals surface area contributed by atoms with Gasteiger partial charge in [0.2, 0.25) is 0 Å². The van der Waals surface area contributed by atoms with Gasteiger partial charge in [0.1, 0.15) is 6.10 Å². The molecule has 1 rings (SSSR count). The maximum atomic E-state index is 10.7. The van der Waals surface area contributed by atoms with Crippen LogP contribution in [-0.2, 0) is 9.53 Å². The van der Waals surface area contributed by atoms with E-state index in [0.29, 0.717) is 6.42 Å². The Kier molecular flexibility index (Phi) is 2.37. The first-order valence-corrected chi connectivity index (χ1v) is 7.87. The lowest BCUT2D eigenvalue weighted by atomic mass is 10.3. The number of esters is 1. The highest BCUT2D eigenvalue weighted by Gasteiger charge is 2.28. The zero-order valence-corrected chi connectivity index (χ0v) is 8.52. The highest BCUT2D eigenvalue weighted by molar-refractivity contribution is 6.76. The van der Waals surface area contributed by atoms with E-state index in [0.717, 1.165) is 12.5 Å². The molecule has 64 valence electrons. The highest BCUT2D eigenvalue weighted by atomic mass is 28.3. The Balaban J connectivity index is 2.34. The van der Waals surface area contributed by atoms with Gasteiger partial charge < -0.3 is 4.74 Å². The van der Waals surface area contributed by atoms with Crippen molar-refractivity contribution >= 4 is 14.0 Å². The first-order valence-electron chi connectivity index (χ1n) is 4.17. The average molecular weight is 172 g/mol. The van der Waals surface area contributed by atoms with Crippen LogP contribution >= 0.6 is 0 Å². The van der Waals surface area contributed by atoms with Crippen molar-refractivity contribution < 1.29 is 9.53 Å². The van der Waals surface area contributed by atoms with Crippen molar-refractivity contribution in [2.45, 2.75) is 44.6 Å². The van der Waals surface area contributed by atoms with Crippen molar-refractivity contribution in [1.82, 2.24) is 0 Å². The van der Waals surface area contributed by atoms with Crippen molar-refractivity contribution in [2.75, 3.05) is 0 Å². The molecule has 0 aromatic rings. The summed E-state index contributed by atoms with van der Waals surface area (Å²) < 4.78 is 5.13. The molecule has 1 fully saturated rings. The Morgan fingerprint density at radius 3 is 2.55 bits per heavy atom. The van der Waals surface area contributed by atoms with Gasteiger partial charge >= 0.3 is 5.97 Å². The quantitative estimate of drug-likeness (QED) is 0.470. The predicted molar refractivity (Wildman–Crippen MR) is 47.3 cm³/mol. The molecule has 0 aliphatic carbocycles. The van der Waals surface area contributed by atoms with Crippen LogP contribution in [0.2, 0.25) is 25.7 Å². The smallest absolute Gasteiger partial charge is 0.306 e. The van der Waals surface area contributed by atoms with E-state index in [9.17, 15) is 4.79 Å². The summed E-state index contributed by atoms with van der Waals surface area (Å²) in [6.45, 7) is 6.91. The van der Waals surface area contributed by atoms with E-state index in [1.807, 2.05) is 0 Å². The molecule has 1 atom stereocenters. The van der Waals surface area contributed by atoms with Gasteiger partial charge in [-0.05, 0) is 12.5 Å². The van der Waals surface area contributed by atoms with Crippen LogP contribution in [0.15, 0.2) is 0 Å². The summed E-state index contributed by atoms with van der Waals surface area (Å²) in [6.07, 6.45) is 1.83. The summed E-state index contributed by atoms with van der Waals surface area (Å²) in [5.41, 5.74) is 0. The zero-order chi connectivity index (χ0) is 8.48. The number of hydrogen-bond donors (Lipinski definition) is 0. The normalized spacial score (nSPS) is 25.4. The van der Waals surface area contributed by atoms with E-state index >= 15 is 0 Å². The number of hydrogen-bond acceptors (Lipinski definition) is 2. The predicted octanol–water partition coefficient (Wildman–Crippen LogP) is 2.03. The highest BCUT2D eigenvalue weighted by Crippen LogP contribution is 2.23. The molecule has 0 spiro atoms. The largest absolute Gasteiger partial charge is 0.463 e. The number of rotatable bonds is 2. The van der Waals surface area contributed by atoms with Crippen LogP contribution in [0.25, 0.3) is 0 Å². The topological polar surface area (TPSA) is 26.3 Å². The molecule has 0 amide bonds. The van der Waals surface area contributed by atoms with Gasteiger partial charge in [0.05, 0.1) is 0 Å². The first-order chi connectivity index (χ1) is 4.97. The van der Waals surface area contributed by atoms with Gasteiger partial charge in [0.15, 0.2) is 0 Å². The molecule has 0 aromatic carbocycles. The molecule has 11 heavy (non-hydrogen) atoms. The second-order valence-electron chi connectivity index (χ2n) is 4.42. The molecule has 0 saturated carbocycles. The lowest BCUT2D eigenvalue weighted by molar-refractivity contribution is -0.140. The summed E-state index contributed by atoms with van der Waals surface area (Å²) in [4.78, 5) is 10.7. The summed E-state index contributed by atoms with van der Waals surface area (Å²) >= 11 is 0. The van der Waals surface area contributed by atoms with Gasteiger partial charge in [0.25, 0.3) is 0 Å². The van der Waals surface area contributed by atoms with E-state index in [1.165, 1.54) is 0 Å². The minimum atomic E-state index is -1.03. The maximum absolute atomic E-state index is 10.7. The molecule has 1 heterocycles. The third-order valence-electron chi connectivity index (χ3n) is 1.81. The molecule has 1 unspecified atom stereocenters. The van der Waals surface area contributed by atoms with Crippen molar-refractivity contribution in [1.29, 1.82) is 0 Å². The Hall–Kier alpha value is -0.313. The van der Waals surface area contributed by atoms with Crippen molar-refractivity contribution in [2.24, 2.45) is 0 Å². The lowest BCUT2D eigenvalue weighted by Crippen LogP contribution is -2.26. The van der Waals surface area contributed by atoms with Gasteiger partial charge in [0, 0.05) is 14.5 Å². The molecule has 0 N–H and O–H groups in total. The maximum Gasteiger partial charge on any atom is 0.306 e. The van der Waals surface area contributed by atoms with Crippen molar-refractivity contribution in [3.63, 3.8) is 0 Å². The molecule has 1 saturated heterocycles. The fourth-order valence-corrected chi connectivity index (χ4v) is 3.06. The molecule has 1 aliphatic rings. The third kappa shape index (κ3) is 3.06. The fraction of sp³-hybridized carbons (Fsp3) is 0.875. The monoisotopic (exact) mass is 172 g/mol. The summed E-state index contributed by atoms with van der Waals surface area (Å²) in [5.74, 6) is -0.00625. The Labute approximate surface area is 68.9 Å². The molecule has 1 aliphatic heterocycles. The standard InChI is InChI=1S/C8H16O2Si/c1-11(2,3)6-7-4-5-8(9)10-7/h7H,4-6H2,1-3H3. The minimum Gasteiger partial charge on any atom is -0.463 e. The average Bonchev–Trinajstić information content (AvgIpc) is 2.10. The molecular formula is C8H16O2Si. The van der Waals surface area contributed by atoms with Gasteiger partial charge in [-0.15, -0.1) is 0 Å². The van der Waals surface area contributed by atoms with Gasteiger partial charge in [-0.3, -0.25) is 4.79 Å². The van der Waals surface area contributed by atoms with Crippen molar-refractivity contribution in [3.05, 3.63) is 0 Å². The van der Waals surface area contributed by atoms with E-state index in [1.54, 1.807) is 0 Å². The second-order valence-corrected chi connectivity index (χ2v) is 9.94. The Bertz CT molecular complexity index is 160. The zero-order valence-electron chi connectivity index (χ0n) is 7.52. The van der Waals surface area contributed by atoms with Gasteiger partial charge in [-0.1, -0.05) is 19.6 Å². The lowest BCUT2D eigenvalue weighted by Gasteiger charge is -2.19. The van der Waals surface area contributed by atoms with Crippen LogP contribution in [0.5, 0.6) is 0 Å². The second kappa shape index (κ2) is 2.97. The van der Waals surface area contributed by atoms with Crippen LogP contribution in [0.1, 0.15) is 12.8 Å². The van der Waals surface area contributed by atoms with E-state index in [2.05, 4.69) is 19.6 Å². The number of carbonyl (C=O) groups excluding carboxylic acids is 1. The van der Waals surface area contributed by atoms with E-state index < -0.39 is 8.07 Å². The number of ether oxygens (including phenoxy) is 1. The van der Waals surface area contributed by atoms with Gasteiger partial charge in [-0.25, -0.2) is 0 Å². The van der Waals surface area contributed by atoms with E-state index in [-0.39, 0.29) is 12.1 Å². The fourth-order valence-electron chi connectivity index (χ4n) is 1.41. The van der Waals surface area contributed by atoms with E-state index in [4.69, 9.17) is 4.74 Å². The van der Waals surface area contributed by atoms with Crippen LogP contribution in [0.4, 0.5) is 0 Å². The van der Waals surface area contributed by atoms with Gasteiger partial charge in [-0.2, -0.15) is 0 Å². The Morgan fingerprint density at radius 2 is 2.18 bits per heavy atom. The summed E-state index contributed by atoms with van der Waals surface area (Å²) in [7, 11) is -1.03. The molecule has 3 heteroatoms. The molecular weight excluding hydrogens is 156 g/mol. The third-order valence-corrected chi connectivity index (χ3v) is 3.49. The minimum absolute atomic E-state index is 0.00625. The number of carbonyl (C=O) groups is 1. The SMILES string of the molecule is C[Si](C)(C)CC1CCC(=O)O1. The molecule has 2 nitrogen and oxygen atoms in total. The summed E-state index contributed by atoms with van der Waals surface area (Å²) in [6, 6.07) is 1.12. The summed E-state index contributed by atoms with van der Waals surface area (Å²) in [5, 5.41) is 0. The molecule has 0 aromatic heterocycles. The van der Waals surface area contributed by atoms with Crippen molar-refractivity contribution in [3.8, 4) is 0 Å². The Morgan fingerprint density at radius 1 is 1.55 bits per heavy atom. The van der Waals surface area contributed by atoms with Crippen LogP contribution in [0.3, 0.4) is 0 Å². The van der Waals surface area contributed by atoms with Crippen LogP contribution in [0, 0.1) is 0 Å². The number of cyclic esters (lactones) is 1. The molecule has 0 radical (unpaired) electrons. The molecule has 0 bridgehead atoms. The van der Waals surface area contributed by atoms with Crippen LogP contribution in [-0.4, -0.2) is 20.1 Å².